The van der Waals surface area contributed by atoms with Gasteiger partial charge in [-0.25, -0.2) is 9.18 Å². The maximum atomic E-state index is 13.5. The van der Waals surface area contributed by atoms with E-state index in [9.17, 15) is 14.0 Å². The van der Waals surface area contributed by atoms with Gasteiger partial charge in [-0.2, -0.15) is 0 Å². The minimum absolute atomic E-state index is 0.169. The number of allylic oxidation sites excluding steroid dienone is 1. The molecular formula is C20H15BrFNO3. The average molecular weight is 416 g/mol. The van der Waals surface area contributed by atoms with Gasteiger partial charge in [-0.15, -0.1) is 0 Å². The average Bonchev–Trinajstić information content (AvgIpc) is 2.86. The fraction of sp³-hybridized carbons (Fsp3) is 0.100. The zero-order valence-electron chi connectivity index (χ0n) is 14.1. The van der Waals surface area contributed by atoms with Crippen molar-refractivity contribution in [1.29, 1.82) is 0 Å². The molecule has 0 unspecified atom stereocenters. The third-order valence-electron chi connectivity index (χ3n) is 4.03. The molecule has 1 amide bonds. The lowest BCUT2D eigenvalue weighted by molar-refractivity contribution is -0.136. The number of benzene rings is 2. The first-order chi connectivity index (χ1) is 12.4. The molecule has 1 aliphatic rings. The highest BCUT2D eigenvalue weighted by atomic mass is 79.9. The zero-order valence-corrected chi connectivity index (χ0v) is 15.7. The predicted octanol–water partition coefficient (Wildman–Crippen LogP) is 4.47. The zero-order chi connectivity index (χ0) is 18.8. The molecule has 0 fully saturated rings. The van der Waals surface area contributed by atoms with Crippen molar-refractivity contribution in [2.24, 2.45) is 0 Å². The second-order valence-electron chi connectivity index (χ2n) is 5.68. The van der Waals surface area contributed by atoms with Crippen LogP contribution in [0.4, 0.5) is 10.1 Å². The Bertz CT molecular complexity index is 948. The number of anilines is 1. The third kappa shape index (κ3) is 3.32. The van der Waals surface area contributed by atoms with Gasteiger partial charge in [-0.05, 0) is 55.0 Å². The molecule has 0 radical (unpaired) electrons. The Hall–Kier alpha value is -2.73. The van der Waals surface area contributed by atoms with Gasteiger partial charge in [0.2, 0.25) is 0 Å². The van der Waals surface area contributed by atoms with E-state index in [0.29, 0.717) is 16.9 Å². The summed E-state index contributed by atoms with van der Waals surface area (Å²) in [6.07, 6.45) is 1.50. The number of ether oxygens (including phenoxy) is 1. The van der Waals surface area contributed by atoms with Crippen molar-refractivity contribution < 1.29 is 18.7 Å². The van der Waals surface area contributed by atoms with Crippen LogP contribution in [0.5, 0.6) is 0 Å². The van der Waals surface area contributed by atoms with Crippen LogP contribution < -0.4 is 4.90 Å². The summed E-state index contributed by atoms with van der Waals surface area (Å²) in [7, 11) is 1.26. The third-order valence-corrected chi connectivity index (χ3v) is 4.56. The van der Waals surface area contributed by atoms with Crippen LogP contribution in [0.25, 0.3) is 6.08 Å². The molecule has 0 spiro atoms. The molecule has 0 saturated carbocycles. The van der Waals surface area contributed by atoms with Crippen LogP contribution in [0.3, 0.4) is 0 Å². The molecule has 3 rings (SSSR count). The molecular weight excluding hydrogens is 401 g/mol. The Kier molecular flexibility index (Phi) is 5.04. The van der Waals surface area contributed by atoms with E-state index in [1.54, 1.807) is 31.2 Å². The van der Waals surface area contributed by atoms with E-state index in [-0.39, 0.29) is 17.1 Å². The minimum atomic E-state index is -0.613. The van der Waals surface area contributed by atoms with Gasteiger partial charge in [0.15, 0.2) is 0 Å². The molecule has 1 aliphatic heterocycles. The number of rotatable bonds is 3. The van der Waals surface area contributed by atoms with Gasteiger partial charge in [0.05, 0.1) is 18.3 Å². The van der Waals surface area contributed by atoms with Gasteiger partial charge < -0.3 is 4.74 Å². The maximum absolute atomic E-state index is 13.5. The van der Waals surface area contributed by atoms with Crippen LogP contribution in [0, 0.1) is 5.82 Å². The molecule has 132 valence electrons. The summed E-state index contributed by atoms with van der Waals surface area (Å²) >= 11 is 3.36. The Balaban J connectivity index is 2.13. The van der Waals surface area contributed by atoms with Crippen LogP contribution in [-0.4, -0.2) is 19.0 Å². The number of hydrogen-bond acceptors (Lipinski definition) is 3. The monoisotopic (exact) mass is 415 g/mol. The van der Waals surface area contributed by atoms with Crippen LogP contribution >= 0.6 is 15.9 Å². The molecule has 0 N–H and O–H groups in total. The van der Waals surface area contributed by atoms with Crippen LogP contribution in [0.1, 0.15) is 12.5 Å². The molecule has 2 aromatic carbocycles. The number of esters is 1. The summed E-state index contributed by atoms with van der Waals surface area (Å²) in [5.74, 6) is -1.40. The van der Waals surface area contributed by atoms with E-state index in [1.807, 2.05) is 12.1 Å². The van der Waals surface area contributed by atoms with Crippen molar-refractivity contribution in [3.05, 3.63) is 81.2 Å². The first-order valence-electron chi connectivity index (χ1n) is 7.79. The van der Waals surface area contributed by atoms with E-state index in [1.165, 1.54) is 30.2 Å². The molecule has 6 heteroatoms. The molecule has 0 aliphatic carbocycles. The molecule has 0 atom stereocenters. The van der Waals surface area contributed by atoms with Gasteiger partial charge in [0.25, 0.3) is 5.91 Å². The number of halogens is 2. The number of carbonyl (C=O) groups is 2. The van der Waals surface area contributed by atoms with Gasteiger partial charge in [-0.3, -0.25) is 9.69 Å². The van der Waals surface area contributed by atoms with Crippen molar-refractivity contribution >= 4 is 39.6 Å². The van der Waals surface area contributed by atoms with Crippen molar-refractivity contribution in [2.45, 2.75) is 6.92 Å². The van der Waals surface area contributed by atoms with Crippen molar-refractivity contribution in [3.8, 4) is 0 Å². The summed E-state index contributed by atoms with van der Waals surface area (Å²) in [6.45, 7) is 1.68. The van der Waals surface area contributed by atoms with Crippen LogP contribution in [0.15, 0.2) is 69.8 Å². The van der Waals surface area contributed by atoms with E-state index in [4.69, 9.17) is 4.74 Å². The van der Waals surface area contributed by atoms with Gasteiger partial charge in [0, 0.05) is 15.9 Å². The Morgan fingerprint density at radius 1 is 1.19 bits per heavy atom. The van der Waals surface area contributed by atoms with Gasteiger partial charge in [-0.1, -0.05) is 28.1 Å². The number of methoxy groups -OCH3 is 1. The first kappa shape index (κ1) is 18.1. The summed E-state index contributed by atoms with van der Waals surface area (Å²) in [6, 6.07) is 13.0. The summed E-state index contributed by atoms with van der Waals surface area (Å²) in [5.41, 5.74) is 1.92. The number of hydrogen-bond donors (Lipinski definition) is 0. The highest BCUT2D eigenvalue weighted by molar-refractivity contribution is 9.10. The van der Waals surface area contributed by atoms with Gasteiger partial charge in [0.1, 0.15) is 5.82 Å². The number of nitrogens with zero attached hydrogens (tertiary/aromatic N) is 1. The largest absolute Gasteiger partial charge is 0.465 e. The minimum Gasteiger partial charge on any atom is -0.465 e. The van der Waals surface area contributed by atoms with Crippen molar-refractivity contribution in [1.82, 2.24) is 0 Å². The van der Waals surface area contributed by atoms with E-state index in [2.05, 4.69) is 15.9 Å². The highest BCUT2D eigenvalue weighted by Gasteiger charge is 2.37. The lowest BCUT2D eigenvalue weighted by atomic mass is 10.0. The first-order valence-corrected chi connectivity index (χ1v) is 8.58. The highest BCUT2D eigenvalue weighted by Crippen LogP contribution is 2.35. The fourth-order valence-electron chi connectivity index (χ4n) is 2.84. The molecule has 0 aromatic heterocycles. The quantitative estimate of drug-likeness (QED) is 0.548. The van der Waals surface area contributed by atoms with Crippen LogP contribution in [0.2, 0.25) is 0 Å². The summed E-state index contributed by atoms with van der Waals surface area (Å²) in [4.78, 5) is 26.8. The molecule has 4 nitrogen and oxygen atoms in total. The Labute approximate surface area is 158 Å². The SMILES string of the molecule is COC(=O)C1=C(C)N(c2ccc(Br)cc2)C(=O)/C1=C\c1cccc(F)c1. The molecule has 1 heterocycles. The van der Waals surface area contributed by atoms with Gasteiger partial charge >= 0.3 is 5.97 Å². The number of amides is 1. The second kappa shape index (κ2) is 7.25. The fourth-order valence-corrected chi connectivity index (χ4v) is 3.11. The molecule has 0 bridgehead atoms. The topological polar surface area (TPSA) is 46.6 Å². The summed E-state index contributed by atoms with van der Waals surface area (Å²) < 4.78 is 19.2. The maximum Gasteiger partial charge on any atom is 0.340 e. The molecule has 2 aromatic rings. The Morgan fingerprint density at radius 2 is 1.88 bits per heavy atom. The second-order valence-corrected chi connectivity index (χ2v) is 6.60. The van der Waals surface area contributed by atoms with E-state index >= 15 is 0 Å². The number of carbonyl (C=O) groups excluding carboxylic acids is 2. The normalized spacial score (nSPS) is 15.8. The van der Waals surface area contributed by atoms with Crippen molar-refractivity contribution in [2.75, 3.05) is 12.0 Å². The smallest absolute Gasteiger partial charge is 0.340 e. The van der Waals surface area contributed by atoms with Crippen LogP contribution in [-0.2, 0) is 14.3 Å². The predicted molar refractivity (Wildman–Crippen MR) is 101 cm³/mol. The van der Waals surface area contributed by atoms with Crippen molar-refractivity contribution in [3.63, 3.8) is 0 Å². The van der Waals surface area contributed by atoms with E-state index < -0.39 is 11.8 Å². The molecule has 0 saturated heterocycles. The lowest BCUT2D eigenvalue weighted by Gasteiger charge is -2.18. The van der Waals surface area contributed by atoms with E-state index in [0.717, 1.165) is 4.47 Å². The molecule has 26 heavy (non-hydrogen) atoms. The lowest BCUT2D eigenvalue weighted by Crippen LogP contribution is -2.24. The summed E-state index contributed by atoms with van der Waals surface area (Å²) in [5, 5.41) is 0. The Morgan fingerprint density at radius 3 is 2.50 bits per heavy atom. The standard InChI is InChI=1S/C20H15BrFNO3/c1-12-18(20(25)26-2)17(11-13-4-3-5-15(22)10-13)19(24)23(12)16-8-6-14(21)7-9-16/h3-11H,1-2H3/b17-11-.